The zero-order valence-electron chi connectivity index (χ0n) is 16.8. The van der Waals surface area contributed by atoms with E-state index in [4.69, 9.17) is 26.6 Å². The lowest BCUT2D eigenvalue weighted by Gasteiger charge is -2.15. The van der Waals surface area contributed by atoms with Crippen molar-refractivity contribution in [1.29, 1.82) is 0 Å². The van der Waals surface area contributed by atoms with Crippen molar-refractivity contribution in [2.75, 3.05) is 12.3 Å². The summed E-state index contributed by atoms with van der Waals surface area (Å²) in [6.07, 6.45) is -2.05. The summed E-state index contributed by atoms with van der Waals surface area (Å²) in [4.78, 5) is 23.7. The number of ether oxygens (including phenoxy) is 1. The summed E-state index contributed by atoms with van der Waals surface area (Å²) in [6.45, 7) is 4.65. The molecule has 1 aliphatic rings. The molecular formula is C16H22ClFN6O5PS+. The van der Waals surface area contributed by atoms with E-state index < -0.39 is 43.1 Å². The standard InChI is InChI=1S/C16H22ClFN6O5PS/c1-6(2)29-15(26)7(3)23-30(27)28-4-8-11(25)9(18)14(31-8)24-5-20-10-12(19)21-16(17)22-13(10)24/h5-9,11,14,25H,4H2,1-3H3,(H,23,27)(H2,19,21,22)/q+1/t7-,8+,9-,11+,14+/m0/s1. The lowest BCUT2D eigenvalue weighted by molar-refractivity contribution is -0.149. The summed E-state index contributed by atoms with van der Waals surface area (Å²) in [5.41, 5.74) is 6.27. The molecule has 0 saturated carbocycles. The number of rotatable bonds is 8. The number of imidazole rings is 1. The summed E-state index contributed by atoms with van der Waals surface area (Å²) in [6, 6.07) is -0.860. The molecular weight excluding hydrogens is 474 g/mol. The number of halogens is 2. The Morgan fingerprint density at radius 2 is 2.19 bits per heavy atom. The van der Waals surface area contributed by atoms with Gasteiger partial charge in [0.25, 0.3) is 0 Å². The fourth-order valence-electron chi connectivity index (χ4n) is 2.89. The fraction of sp³-hybridized carbons (Fsp3) is 0.625. The van der Waals surface area contributed by atoms with Crippen molar-refractivity contribution in [3.05, 3.63) is 11.6 Å². The molecule has 4 N–H and O–H groups in total. The number of anilines is 1. The topological polar surface area (TPSA) is 154 Å². The van der Waals surface area contributed by atoms with Crippen molar-refractivity contribution < 1.29 is 28.1 Å². The number of nitrogens with one attached hydrogen (secondary N) is 1. The Balaban J connectivity index is 1.63. The molecule has 11 nitrogen and oxygen atoms in total. The lowest BCUT2D eigenvalue weighted by atomic mass is 10.1. The number of nitrogens with two attached hydrogens (primary N) is 1. The van der Waals surface area contributed by atoms with Gasteiger partial charge in [-0.1, -0.05) is 5.09 Å². The number of thioether (sulfide) groups is 1. The number of esters is 1. The van der Waals surface area contributed by atoms with Crippen LogP contribution in [0, 0.1) is 0 Å². The van der Waals surface area contributed by atoms with Gasteiger partial charge in [0.15, 0.2) is 17.6 Å². The molecule has 1 unspecified atom stereocenters. The zero-order chi connectivity index (χ0) is 22.9. The van der Waals surface area contributed by atoms with Crippen molar-refractivity contribution in [2.24, 2.45) is 0 Å². The number of fused-ring (bicyclic) bond motifs is 1. The van der Waals surface area contributed by atoms with Crippen LogP contribution in [0.3, 0.4) is 0 Å². The van der Waals surface area contributed by atoms with E-state index in [0.717, 1.165) is 11.8 Å². The van der Waals surface area contributed by atoms with Crippen LogP contribution in [-0.2, 0) is 18.6 Å². The molecule has 3 heterocycles. The quantitative estimate of drug-likeness (QED) is 0.279. The Morgan fingerprint density at radius 3 is 2.87 bits per heavy atom. The molecule has 0 bridgehead atoms. The van der Waals surface area contributed by atoms with E-state index >= 15 is 0 Å². The van der Waals surface area contributed by atoms with E-state index in [1.165, 1.54) is 17.8 Å². The Hall–Kier alpha value is -1.63. The van der Waals surface area contributed by atoms with Crippen LogP contribution < -0.4 is 10.8 Å². The summed E-state index contributed by atoms with van der Waals surface area (Å²) in [5.74, 6) is -0.520. The van der Waals surface area contributed by atoms with E-state index in [-0.39, 0.29) is 35.0 Å². The average molecular weight is 496 g/mol. The normalized spacial score (nSPS) is 25.2. The van der Waals surface area contributed by atoms with Crippen LogP contribution >= 0.6 is 31.5 Å². The largest absolute Gasteiger partial charge is 0.613 e. The van der Waals surface area contributed by atoms with Crippen molar-refractivity contribution in [3.63, 3.8) is 0 Å². The number of nitrogens with zero attached hydrogens (tertiary/aromatic N) is 4. The minimum atomic E-state index is -2.44. The van der Waals surface area contributed by atoms with Gasteiger partial charge in [0.2, 0.25) is 5.28 Å². The lowest BCUT2D eigenvalue weighted by Crippen LogP contribution is -2.33. The first-order chi connectivity index (χ1) is 14.6. The molecule has 1 saturated heterocycles. The number of alkyl halides is 1. The molecule has 2 aromatic rings. The Kier molecular flexibility index (Phi) is 7.66. The van der Waals surface area contributed by atoms with Crippen molar-refractivity contribution >= 4 is 54.5 Å². The third-order valence-corrected chi connectivity index (χ3v) is 7.03. The molecule has 1 aliphatic heterocycles. The number of aromatic nitrogens is 4. The Morgan fingerprint density at radius 1 is 1.48 bits per heavy atom. The van der Waals surface area contributed by atoms with Gasteiger partial charge in [-0.05, 0) is 36.9 Å². The molecule has 15 heteroatoms. The molecule has 31 heavy (non-hydrogen) atoms. The van der Waals surface area contributed by atoms with Gasteiger partial charge in [0, 0.05) is 0 Å². The molecule has 1 fully saturated rings. The highest BCUT2D eigenvalue weighted by molar-refractivity contribution is 8.00. The van der Waals surface area contributed by atoms with Gasteiger partial charge in [-0.2, -0.15) is 9.97 Å². The van der Waals surface area contributed by atoms with Crippen LogP contribution in [-0.4, -0.2) is 66.9 Å². The van der Waals surface area contributed by atoms with Crippen LogP contribution in [0.1, 0.15) is 26.1 Å². The van der Waals surface area contributed by atoms with Gasteiger partial charge in [-0.25, -0.2) is 9.37 Å². The number of carbonyl (C=O) groups is 1. The van der Waals surface area contributed by atoms with Gasteiger partial charge < -0.3 is 15.6 Å². The first-order valence-corrected chi connectivity index (χ1v) is 11.8. The second-order valence-electron chi connectivity index (χ2n) is 7.09. The molecule has 0 aliphatic carbocycles. The highest BCUT2D eigenvalue weighted by Gasteiger charge is 2.46. The number of nitrogen functional groups attached to an aromatic ring is 1. The van der Waals surface area contributed by atoms with Crippen LogP contribution in [0.15, 0.2) is 6.33 Å². The van der Waals surface area contributed by atoms with Crippen LogP contribution in [0.5, 0.6) is 0 Å². The number of hydrogen-bond acceptors (Lipinski definition) is 10. The minimum Gasteiger partial charge on any atom is -0.462 e. The molecule has 170 valence electrons. The maximum atomic E-state index is 14.9. The second-order valence-corrected chi connectivity index (χ2v) is 9.82. The molecule has 0 spiro atoms. The van der Waals surface area contributed by atoms with Gasteiger partial charge in [0.1, 0.15) is 29.6 Å². The predicted octanol–water partition coefficient (Wildman–Crippen LogP) is 1.98. The van der Waals surface area contributed by atoms with Gasteiger partial charge in [-0.15, -0.1) is 16.3 Å². The summed E-state index contributed by atoms with van der Waals surface area (Å²) >= 11 is 6.91. The SMILES string of the molecule is CC(C)OC(=O)[C@H](C)N[P+](=O)OC[C@H]1S[C@@H](n2cnc3c(N)nc(Cl)nc32)[C@@H](F)[C@@H]1O. The summed E-state index contributed by atoms with van der Waals surface area (Å²) < 4.78 is 38.6. The molecule has 2 aromatic heterocycles. The van der Waals surface area contributed by atoms with E-state index in [1.807, 2.05) is 0 Å². The maximum Gasteiger partial charge on any atom is 0.613 e. The van der Waals surface area contributed by atoms with E-state index in [0.29, 0.717) is 0 Å². The van der Waals surface area contributed by atoms with Gasteiger partial charge >= 0.3 is 14.1 Å². The van der Waals surface area contributed by atoms with Crippen LogP contribution in [0.4, 0.5) is 10.2 Å². The third kappa shape index (κ3) is 5.41. The van der Waals surface area contributed by atoms with Crippen molar-refractivity contribution in [3.8, 4) is 0 Å². The fourth-order valence-corrected chi connectivity index (χ4v) is 5.36. The molecule has 0 radical (unpaired) electrons. The van der Waals surface area contributed by atoms with E-state index in [9.17, 15) is 18.9 Å². The van der Waals surface area contributed by atoms with Crippen molar-refractivity contribution in [2.45, 2.75) is 55.8 Å². The molecule has 0 aromatic carbocycles. The minimum absolute atomic E-state index is 0.0563. The van der Waals surface area contributed by atoms with Gasteiger partial charge in [0.05, 0.1) is 17.7 Å². The summed E-state index contributed by atoms with van der Waals surface area (Å²) in [5, 5.41) is 11.1. The number of aliphatic hydroxyl groups is 1. The highest BCUT2D eigenvalue weighted by atomic mass is 35.5. The Bertz CT molecular complexity index is 983. The predicted molar refractivity (Wildman–Crippen MR) is 113 cm³/mol. The van der Waals surface area contributed by atoms with Gasteiger partial charge in [-0.3, -0.25) is 9.36 Å². The zero-order valence-corrected chi connectivity index (χ0v) is 19.3. The summed E-state index contributed by atoms with van der Waals surface area (Å²) in [7, 11) is -2.44. The third-order valence-electron chi connectivity index (χ3n) is 4.35. The van der Waals surface area contributed by atoms with E-state index in [2.05, 4.69) is 20.0 Å². The first-order valence-electron chi connectivity index (χ1n) is 9.28. The highest BCUT2D eigenvalue weighted by Crippen LogP contribution is 2.45. The second kappa shape index (κ2) is 9.88. The molecule has 3 rings (SSSR count). The van der Waals surface area contributed by atoms with Crippen molar-refractivity contribution in [1.82, 2.24) is 24.6 Å². The number of carbonyl (C=O) groups excluding carboxylic acids is 1. The van der Waals surface area contributed by atoms with Crippen LogP contribution in [0.2, 0.25) is 5.28 Å². The average Bonchev–Trinajstić information content (AvgIpc) is 3.21. The van der Waals surface area contributed by atoms with Crippen LogP contribution in [0.25, 0.3) is 11.2 Å². The molecule has 0 amide bonds. The monoisotopic (exact) mass is 495 g/mol. The first kappa shape index (κ1) is 24.0. The molecule has 6 atom stereocenters. The number of aliphatic hydroxyl groups excluding tert-OH is 1. The smallest absolute Gasteiger partial charge is 0.462 e. The maximum absolute atomic E-state index is 14.9. The number of hydrogen-bond donors (Lipinski definition) is 3. The van der Waals surface area contributed by atoms with E-state index in [1.54, 1.807) is 13.8 Å². The Labute approximate surface area is 187 Å².